The number of piperidine rings is 2. The SMILES string of the molecule is CSc1nc2cc(F)c(F)cc2n1C1CCN(C(=O)C2(F)CCN(Cc3ccnnc3)CC2)CC1. The average Bonchev–Trinajstić information content (AvgIpc) is 3.23. The van der Waals surface area contributed by atoms with E-state index in [0.29, 0.717) is 61.8 Å². The second-order valence-electron chi connectivity index (χ2n) is 9.24. The minimum atomic E-state index is -1.85. The summed E-state index contributed by atoms with van der Waals surface area (Å²) in [5.74, 6) is -2.27. The number of imidazole rings is 1. The molecule has 2 aliphatic heterocycles. The summed E-state index contributed by atoms with van der Waals surface area (Å²) in [6, 6.07) is 4.16. The van der Waals surface area contributed by atoms with Crippen molar-refractivity contribution < 1.29 is 18.0 Å². The van der Waals surface area contributed by atoms with Crippen molar-refractivity contribution in [2.24, 2.45) is 0 Å². The molecule has 5 rings (SSSR count). The van der Waals surface area contributed by atoms with Crippen LogP contribution in [0, 0.1) is 11.6 Å². The predicted octanol–water partition coefficient (Wildman–Crippen LogP) is 3.99. The Bertz CT molecular complexity index is 1210. The van der Waals surface area contributed by atoms with Crippen LogP contribution >= 0.6 is 11.8 Å². The summed E-state index contributed by atoms with van der Waals surface area (Å²) in [6.07, 6.45) is 6.73. The van der Waals surface area contributed by atoms with Crippen LogP contribution in [0.5, 0.6) is 0 Å². The van der Waals surface area contributed by atoms with E-state index in [1.165, 1.54) is 17.8 Å². The number of rotatable bonds is 5. The zero-order valence-electron chi connectivity index (χ0n) is 19.5. The van der Waals surface area contributed by atoms with Crippen molar-refractivity contribution in [2.45, 2.75) is 49.1 Å². The molecule has 3 aromatic rings. The van der Waals surface area contributed by atoms with E-state index in [2.05, 4.69) is 20.1 Å². The number of carbonyl (C=O) groups is 1. The minimum absolute atomic E-state index is 0.0252. The predicted molar refractivity (Wildman–Crippen MR) is 127 cm³/mol. The first-order valence-electron chi connectivity index (χ1n) is 11.7. The maximum absolute atomic E-state index is 15.7. The summed E-state index contributed by atoms with van der Waals surface area (Å²) in [4.78, 5) is 21.4. The molecule has 0 atom stereocenters. The molecule has 11 heteroatoms. The standard InChI is InChI=1S/C24H27F3N6OS/c1-35-23-30-20-12-18(25)19(26)13-21(20)33(23)17-3-8-32(9-4-17)22(34)24(27)5-10-31(11-6-24)15-16-2-7-28-29-14-16/h2,7,12-14,17H,3-6,8-11,15H2,1H3. The maximum Gasteiger partial charge on any atom is 0.260 e. The van der Waals surface area contributed by atoms with Gasteiger partial charge < -0.3 is 9.47 Å². The molecule has 2 fully saturated rings. The van der Waals surface area contributed by atoms with Gasteiger partial charge in [-0.05, 0) is 30.7 Å². The molecule has 35 heavy (non-hydrogen) atoms. The molecule has 0 spiro atoms. The first-order valence-corrected chi connectivity index (χ1v) is 13.0. The van der Waals surface area contributed by atoms with Crippen LogP contribution in [-0.2, 0) is 11.3 Å². The Morgan fingerprint density at radius 3 is 2.49 bits per heavy atom. The van der Waals surface area contributed by atoms with Gasteiger partial charge in [-0.1, -0.05) is 11.8 Å². The van der Waals surface area contributed by atoms with Crippen molar-refractivity contribution in [2.75, 3.05) is 32.4 Å². The molecular formula is C24H27F3N6OS. The number of halogens is 3. The number of hydrogen-bond donors (Lipinski definition) is 0. The average molecular weight is 505 g/mol. The highest BCUT2D eigenvalue weighted by atomic mass is 32.2. The van der Waals surface area contributed by atoms with E-state index in [1.807, 2.05) is 16.9 Å². The third-order valence-corrected chi connectivity index (χ3v) is 7.74. The number of alkyl halides is 1. The summed E-state index contributed by atoms with van der Waals surface area (Å²) in [7, 11) is 0. The summed E-state index contributed by atoms with van der Waals surface area (Å²) in [5, 5.41) is 8.32. The Kier molecular flexibility index (Phi) is 6.71. The molecule has 4 heterocycles. The number of fused-ring (bicyclic) bond motifs is 1. The zero-order chi connectivity index (χ0) is 24.6. The van der Waals surface area contributed by atoms with Crippen LogP contribution in [0.4, 0.5) is 13.2 Å². The van der Waals surface area contributed by atoms with Gasteiger partial charge in [0.05, 0.1) is 17.2 Å². The van der Waals surface area contributed by atoms with E-state index in [9.17, 15) is 13.6 Å². The van der Waals surface area contributed by atoms with E-state index >= 15 is 4.39 Å². The normalized spacial score (nSPS) is 19.4. The van der Waals surface area contributed by atoms with E-state index in [4.69, 9.17) is 0 Å². The molecule has 1 aromatic carbocycles. The molecule has 2 aliphatic rings. The van der Waals surface area contributed by atoms with E-state index in [0.717, 1.165) is 11.6 Å². The molecule has 0 saturated carbocycles. The quantitative estimate of drug-likeness (QED) is 0.490. The molecule has 2 saturated heterocycles. The number of benzene rings is 1. The second-order valence-corrected chi connectivity index (χ2v) is 10.0. The Morgan fingerprint density at radius 2 is 1.83 bits per heavy atom. The Labute approximate surface area is 205 Å². The van der Waals surface area contributed by atoms with Gasteiger partial charge in [0, 0.05) is 69.9 Å². The lowest BCUT2D eigenvalue weighted by molar-refractivity contribution is -0.149. The first kappa shape index (κ1) is 24.1. The van der Waals surface area contributed by atoms with Crippen molar-refractivity contribution in [3.63, 3.8) is 0 Å². The van der Waals surface area contributed by atoms with Gasteiger partial charge in [-0.3, -0.25) is 9.69 Å². The smallest absolute Gasteiger partial charge is 0.260 e. The van der Waals surface area contributed by atoms with Gasteiger partial charge in [-0.15, -0.1) is 0 Å². The lowest BCUT2D eigenvalue weighted by Crippen LogP contribution is -2.53. The van der Waals surface area contributed by atoms with Crippen LogP contribution in [0.3, 0.4) is 0 Å². The van der Waals surface area contributed by atoms with Crippen molar-refractivity contribution in [1.29, 1.82) is 0 Å². The number of aromatic nitrogens is 4. The van der Waals surface area contributed by atoms with Crippen LogP contribution in [0.25, 0.3) is 11.0 Å². The number of likely N-dealkylation sites (tertiary alicyclic amines) is 2. The largest absolute Gasteiger partial charge is 0.340 e. The molecule has 186 valence electrons. The van der Waals surface area contributed by atoms with Gasteiger partial charge in [0.2, 0.25) is 0 Å². The fraction of sp³-hybridized carbons (Fsp3) is 0.500. The topological polar surface area (TPSA) is 67.2 Å². The zero-order valence-corrected chi connectivity index (χ0v) is 20.3. The van der Waals surface area contributed by atoms with Gasteiger partial charge in [0.25, 0.3) is 5.91 Å². The maximum atomic E-state index is 15.7. The van der Waals surface area contributed by atoms with Gasteiger partial charge in [-0.25, -0.2) is 18.2 Å². The number of carbonyl (C=O) groups excluding carboxylic acids is 1. The second kappa shape index (κ2) is 9.77. The van der Waals surface area contributed by atoms with Crippen molar-refractivity contribution in [3.8, 4) is 0 Å². The molecule has 0 bridgehead atoms. The molecule has 1 amide bonds. The Morgan fingerprint density at radius 1 is 1.11 bits per heavy atom. The summed E-state index contributed by atoms with van der Waals surface area (Å²) >= 11 is 1.41. The number of thioether (sulfide) groups is 1. The molecule has 0 unspecified atom stereocenters. The number of nitrogens with zero attached hydrogens (tertiary/aromatic N) is 6. The van der Waals surface area contributed by atoms with Crippen molar-refractivity contribution in [3.05, 3.63) is 47.8 Å². The summed E-state index contributed by atoms with van der Waals surface area (Å²) < 4.78 is 45.3. The third-order valence-electron chi connectivity index (χ3n) is 7.08. The number of hydrogen-bond acceptors (Lipinski definition) is 6. The fourth-order valence-electron chi connectivity index (χ4n) is 5.12. The van der Waals surface area contributed by atoms with E-state index in [1.54, 1.807) is 17.3 Å². The minimum Gasteiger partial charge on any atom is -0.340 e. The third kappa shape index (κ3) is 4.75. The lowest BCUT2D eigenvalue weighted by Gasteiger charge is -2.40. The highest BCUT2D eigenvalue weighted by molar-refractivity contribution is 7.98. The fourth-order valence-corrected chi connectivity index (χ4v) is 5.76. The van der Waals surface area contributed by atoms with Crippen LogP contribution < -0.4 is 0 Å². The van der Waals surface area contributed by atoms with Crippen molar-refractivity contribution in [1.82, 2.24) is 29.5 Å². The van der Waals surface area contributed by atoms with Crippen LogP contribution in [0.1, 0.15) is 37.3 Å². The molecule has 2 aromatic heterocycles. The first-order chi connectivity index (χ1) is 16.9. The molecule has 0 aliphatic carbocycles. The van der Waals surface area contributed by atoms with Gasteiger partial charge >= 0.3 is 0 Å². The highest BCUT2D eigenvalue weighted by Crippen LogP contribution is 2.35. The Balaban J connectivity index is 1.22. The monoisotopic (exact) mass is 504 g/mol. The van der Waals surface area contributed by atoms with E-state index in [-0.39, 0.29) is 18.9 Å². The van der Waals surface area contributed by atoms with Crippen LogP contribution in [0.15, 0.2) is 35.7 Å². The summed E-state index contributed by atoms with van der Waals surface area (Å²) in [5.41, 5.74) is 0.103. The molecule has 7 nitrogen and oxygen atoms in total. The lowest BCUT2D eigenvalue weighted by atomic mass is 9.90. The number of amides is 1. The van der Waals surface area contributed by atoms with E-state index < -0.39 is 23.2 Å². The molecular weight excluding hydrogens is 477 g/mol. The van der Waals surface area contributed by atoms with Gasteiger partial charge in [0.15, 0.2) is 22.5 Å². The Hall–Kier alpha value is -2.66. The highest BCUT2D eigenvalue weighted by Gasteiger charge is 2.45. The van der Waals surface area contributed by atoms with Crippen LogP contribution in [-0.4, -0.2) is 73.6 Å². The van der Waals surface area contributed by atoms with Gasteiger partial charge in [0.1, 0.15) is 0 Å². The van der Waals surface area contributed by atoms with Crippen molar-refractivity contribution >= 4 is 28.7 Å². The molecule has 0 radical (unpaired) electrons. The summed E-state index contributed by atoms with van der Waals surface area (Å²) in [6.45, 7) is 2.49. The van der Waals surface area contributed by atoms with Crippen LogP contribution in [0.2, 0.25) is 0 Å². The van der Waals surface area contributed by atoms with Gasteiger partial charge in [-0.2, -0.15) is 10.2 Å². The molecule has 0 N–H and O–H groups in total.